The smallest absolute Gasteiger partial charge is 0.433 e. The lowest BCUT2D eigenvalue weighted by atomic mass is 9.89. The van der Waals surface area contributed by atoms with Crippen LogP contribution in [0.25, 0.3) is 22.4 Å². The van der Waals surface area contributed by atoms with Gasteiger partial charge in [-0.1, -0.05) is 6.07 Å². The summed E-state index contributed by atoms with van der Waals surface area (Å²) in [7, 11) is 1.33. The van der Waals surface area contributed by atoms with E-state index in [-0.39, 0.29) is 47.1 Å². The number of halogens is 3. The first-order chi connectivity index (χ1) is 17.5. The highest BCUT2D eigenvalue weighted by molar-refractivity contribution is 5.98. The summed E-state index contributed by atoms with van der Waals surface area (Å²) in [5.74, 6) is -0.268. The first-order valence-corrected chi connectivity index (χ1v) is 11.3. The number of fused-ring (bicyclic) bond motifs is 1. The molecular formula is C25H22F3N5O4. The normalized spacial score (nSPS) is 15.9. The number of β-amino-alcohol motifs (C(OH)–C–C–N with tert-alkyl or cyclic N) is 1. The van der Waals surface area contributed by atoms with Crippen LogP contribution >= 0.6 is 0 Å². The molecule has 9 nitrogen and oxygen atoms in total. The number of alkyl halides is 3. The Hall–Kier alpha value is -4.03. The molecule has 0 unspecified atom stereocenters. The fourth-order valence-electron chi connectivity index (χ4n) is 4.29. The van der Waals surface area contributed by atoms with E-state index in [1.54, 1.807) is 37.4 Å². The SMILES string of the molecule is COc1ccc(-c2nc(C(=O)N3CC(O)(c4ccccn4)C3)c([C@H](C)N)o2)c2ccc(C(F)(F)F)nc12. The van der Waals surface area contributed by atoms with Gasteiger partial charge in [0.1, 0.15) is 22.6 Å². The summed E-state index contributed by atoms with van der Waals surface area (Å²) in [5, 5.41) is 11.1. The van der Waals surface area contributed by atoms with Crippen molar-refractivity contribution in [3.8, 4) is 17.2 Å². The van der Waals surface area contributed by atoms with Crippen molar-refractivity contribution in [2.75, 3.05) is 20.2 Å². The number of benzene rings is 1. The number of carbonyl (C=O) groups is 1. The van der Waals surface area contributed by atoms with Gasteiger partial charge in [-0.25, -0.2) is 9.97 Å². The van der Waals surface area contributed by atoms with Crippen LogP contribution < -0.4 is 10.5 Å². The van der Waals surface area contributed by atoms with Crippen molar-refractivity contribution in [2.24, 2.45) is 5.73 Å². The van der Waals surface area contributed by atoms with E-state index in [1.165, 1.54) is 24.1 Å². The summed E-state index contributed by atoms with van der Waals surface area (Å²) >= 11 is 0. The molecule has 3 aromatic heterocycles. The predicted octanol–water partition coefficient (Wildman–Crippen LogP) is 3.68. The molecule has 192 valence electrons. The quantitative estimate of drug-likeness (QED) is 0.414. The van der Waals surface area contributed by atoms with E-state index in [0.29, 0.717) is 11.3 Å². The molecule has 1 aliphatic rings. The molecule has 12 heteroatoms. The molecule has 1 aromatic carbocycles. The first kappa shape index (κ1) is 24.7. The number of aliphatic hydroxyl groups is 1. The van der Waals surface area contributed by atoms with E-state index >= 15 is 0 Å². The van der Waals surface area contributed by atoms with E-state index in [9.17, 15) is 23.1 Å². The van der Waals surface area contributed by atoms with Crippen LogP contribution in [0, 0.1) is 0 Å². The van der Waals surface area contributed by atoms with Gasteiger partial charge in [0, 0.05) is 17.1 Å². The van der Waals surface area contributed by atoms with Crippen LogP contribution in [-0.4, -0.2) is 51.1 Å². The number of ether oxygens (including phenoxy) is 1. The maximum atomic E-state index is 13.3. The minimum absolute atomic E-state index is 0.000954. The number of amides is 1. The molecule has 4 heterocycles. The molecule has 0 bridgehead atoms. The van der Waals surface area contributed by atoms with Gasteiger partial charge in [-0.15, -0.1) is 0 Å². The maximum Gasteiger partial charge on any atom is 0.433 e. The molecule has 1 atom stereocenters. The molecule has 1 aliphatic heterocycles. The van der Waals surface area contributed by atoms with Gasteiger partial charge in [-0.05, 0) is 43.3 Å². The Balaban J connectivity index is 1.52. The second kappa shape index (κ2) is 8.82. The van der Waals surface area contributed by atoms with E-state index in [2.05, 4.69) is 15.0 Å². The predicted molar refractivity (Wildman–Crippen MR) is 125 cm³/mol. The van der Waals surface area contributed by atoms with Crippen LogP contribution in [0.1, 0.15) is 40.6 Å². The second-order valence-electron chi connectivity index (χ2n) is 8.83. The lowest BCUT2D eigenvalue weighted by Gasteiger charge is -2.45. The molecule has 1 amide bonds. The van der Waals surface area contributed by atoms with Gasteiger partial charge in [0.05, 0.1) is 31.9 Å². The third-order valence-corrected chi connectivity index (χ3v) is 6.16. The third-order valence-electron chi connectivity index (χ3n) is 6.16. The fraction of sp³-hybridized carbons (Fsp3) is 0.280. The topological polar surface area (TPSA) is 128 Å². The molecule has 5 rings (SSSR count). The van der Waals surface area contributed by atoms with Crippen molar-refractivity contribution in [1.82, 2.24) is 19.9 Å². The van der Waals surface area contributed by atoms with E-state index in [1.807, 2.05) is 0 Å². The largest absolute Gasteiger partial charge is 0.494 e. The van der Waals surface area contributed by atoms with Crippen LogP contribution in [0.2, 0.25) is 0 Å². The number of nitrogens with zero attached hydrogens (tertiary/aromatic N) is 4. The standard InChI is InChI=1S/C25H22F3N5O4/c1-13(29)21-20(23(34)33-11-24(35,12-33)17-5-3-4-10-30-17)32-22(37-21)15-6-8-16(36-2)19-14(15)7-9-18(31-19)25(26,27)28/h3-10,13,35H,11-12,29H2,1-2H3/t13-/m0/s1. The first-order valence-electron chi connectivity index (χ1n) is 11.3. The molecule has 0 spiro atoms. The van der Waals surface area contributed by atoms with Crippen LogP contribution in [-0.2, 0) is 11.8 Å². The minimum Gasteiger partial charge on any atom is -0.494 e. The van der Waals surface area contributed by atoms with Crippen LogP contribution in [0.15, 0.2) is 53.1 Å². The highest BCUT2D eigenvalue weighted by Crippen LogP contribution is 2.38. The lowest BCUT2D eigenvalue weighted by Crippen LogP contribution is -2.61. The monoisotopic (exact) mass is 513 g/mol. The number of pyridine rings is 2. The number of aromatic nitrogens is 3. The van der Waals surface area contributed by atoms with E-state index < -0.39 is 29.4 Å². The fourth-order valence-corrected chi connectivity index (χ4v) is 4.29. The summed E-state index contributed by atoms with van der Waals surface area (Å²) < 4.78 is 50.9. The average Bonchev–Trinajstić information content (AvgIpc) is 3.31. The van der Waals surface area contributed by atoms with Crippen LogP contribution in [0.4, 0.5) is 13.2 Å². The summed E-state index contributed by atoms with van der Waals surface area (Å²) in [5.41, 5.74) is 4.37. The van der Waals surface area contributed by atoms with Crippen molar-refractivity contribution in [1.29, 1.82) is 0 Å². The minimum atomic E-state index is -4.64. The number of hydrogen-bond donors (Lipinski definition) is 2. The number of likely N-dealkylation sites (tertiary alicyclic amines) is 1. The Morgan fingerprint density at radius 2 is 1.95 bits per heavy atom. The van der Waals surface area contributed by atoms with Gasteiger partial charge in [-0.2, -0.15) is 13.2 Å². The summed E-state index contributed by atoms with van der Waals surface area (Å²) in [6.45, 7) is 1.61. The Kier molecular flexibility index (Phi) is 5.88. The summed E-state index contributed by atoms with van der Waals surface area (Å²) in [6, 6.07) is 9.55. The lowest BCUT2D eigenvalue weighted by molar-refractivity contribution is -0.140. The molecule has 1 saturated heterocycles. The maximum absolute atomic E-state index is 13.3. The number of hydrogen-bond acceptors (Lipinski definition) is 8. The molecule has 3 N–H and O–H groups in total. The molecule has 1 fully saturated rings. The van der Waals surface area contributed by atoms with Crippen molar-refractivity contribution in [3.63, 3.8) is 0 Å². The zero-order chi connectivity index (χ0) is 26.5. The highest BCUT2D eigenvalue weighted by Gasteiger charge is 2.47. The molecule has 4 aromatic rings. The number of oxazole rings is 1. The molecule has 0 saturated carbocycles. The summed E-state index contributed by atoms with van der Waals surface area (Å²) in [6.07, 6.45) is -3.09. The van der Waals surface area contributed by atoms with Gasteiger partial charge < -0.3 is 24.9 Å². The van der Waals surface area contributed by atoms with Crippen LogP contribution in [0.5, 0.6) is 5.75 Å². The number of rotatable bonds is 5. The van der Waals surface area contributed by atoms with Crippen molar-refractivity contribution in [3.05, 3.63) is 71.5 Å². The van der Waals surface area contributed by atoms with Gasteiger partial charge in [0.25, 0.3) is 5.91 Å². The van der Waals surface area contributed by atoms with E-state index in [4.69, 9.17) is 14.9 Å². The van der Waals surface area contributed by atoms with Gasteiger partial charge in [-0.3, -0.25) is 9.78 Å². The average molecular weight is 513 g/mol. The molecular weight excluding hydrogens is 491 g/mol. The Bertz CT molecular complexity index is 1480. The second-order valence-corrected chi connectivity index (χ2v) is 8.83. The van der Waals surface area contributed by atoms with Gasteiger partial charge >= 0.3 is 6.18 Å². The Labute approximate surface area is 208 Å². The highest BCUT2D eigenvalue weighted by atomic mass is 19.4. The molecule has 37 heavy (non-hydrogen) atoms. The van der Waals surface area contributed by atoms with E-state index in [0.717, 1.165) is 6.07 Å². The number of methoxy groups -OCH3 is 1. The van der Waals surface area contributed by atoms with Gasteiger partial charge in [0.15, 0.2) is 11.5 Å². The number of nitrogens with two attached hydrogens (primary N) is 1. The van der Waals surface area contributed by atoms with Crippen LogP contribution in [0.3, 0.4) is 0 Å². The Morgan fingerprint density at radius 3 is 2.57 bits per heavy atom. The molecule has 0 radical (unpaired) electrons. The molecule has 0 aliphatic carbocycles. The number of carbonyl (C=O) groups excluding carboxylic acids is 1. The Morgan fingerprint density at radius 1 is 1.19 bits per heavy atom. The van der Waals surface area contributed by atoms with Crippen molar-refractivity contribution in [2.45, 2.75) is 24.7 Å². The van der Waals surface area contributed by atoms with Gasteiger partial charge in [0.2, 0.25) is 5.89 Å². The summed E-state index contributed by atoms with van der Waals surface area (Å²) in [4.78, 5) is 27.0. The third kappa shape index (κ3) is 4.27. The van der Waals surface area contributed by atoms with Crippen molar-refractivity contribution < 1.29 is 32.2 Å². The zero-order valence-corrected chi connectivity index (χ0v) is 19.8. The zero-order valence-electron chi connectivity index (χ0n) is 19.8. The van der Waals surface area contributed by atoms with Crippen molar-refractivity contribution >= 4 is 16.8 Å².